The van der Waals surface area contributed by atoms with E-state index in [2.05, 4.69) is 0 Å². The third-order valence-electron chi connectivity index (χ3n) is 5.23. The molecule has 2 aliphatic rings. The van der Waals surface area contributed by atoms with E-state index in [0.29, 0.717) is 0 Å². The van der Waals surface area contributed by atoms with Crippen LogP contribution in [0.2, 0.25) is 0 Å². The van der Waals surface area contributed by atoms with Gasteiger partial charge in [-0.3, -0.25) is 9.59 Å². The Morgan fingerprint density at radius 1 is 1.08 bits per heavy atom. The van der Waals surface area contributed by atoms with E-state index in [0.717, 1.165) is 11.1 Å². The maximum Gasteiger partial charge on any atom is 0.319 e. The molecule has 1 aliphatic heterocycles. The maximum atomic E-state index is 12.8. The molecule has 0 bridgehead atoms. The van der Waals surface area contributed by atoms with Gasteiger partial charge in [-0.2, -0.15) is 0 Å². The topological polar surface area (TPSA) is 46.6 Å². The maximum absolute atomic E-state index is 12.8. The van der Waals surface area contributed by atoms with Gasteiger partial charge in [0.2, 0.25) is 0 Å². The molecule has 1 aliphatic carbocycles. The molecule has 1 fully saturated rings. The van der Waals surface area contributed by atoms with Gasteiger partial charge in [0.25, 0.3) is 5.91 Å². The summed E-state index contributed by atoms with van der Waals surface area (Å²) in [5.41, 5.74) is 1.02. The number of carbonyl (C=O) groups is 2. The number of carbonyl (C=O) groups excluding carboxylic acids is 2. The average molecular weight is 345 g/mol. The van der Waals surface area contributed by atoms with E-state index in [1.165, 1.54) is 7.11 Å². The van der Waals surface area contributed by atoms with Crippen LogP contribution in [0.25, 0.3) is 6.08 Å². The van der Waals surface area contributed by atoms with Gasteiger partial charge in [0, 0.05) is 12.1 Å². The van der Waals surface area contributed by atoms with Crippen LogP contribution in [0.5, 0.6) is 0 Å². The van der Waals surface area contributed by atoms with Crippen molar-refractivity contribution in [3.63, 3.8) is 0 Å². The van der Waals surface area contributed by atoms with Crippen LogP contribution in [0.15, 0.2) is 79.0 Å². The molecule has 0 N–H and O–H groups in total. The average Bonchev–Trinajstić information content (AvgIpc) is 3.38. The first-order valence-electron chi connectivity index (χ1n) is 8.57. The van der Waals surface area contributed by atoms with Crippen molar-refractivity contribution in [2.24, 2.45) is 5.92 Å². The Morgan fingerprint density at radius 3 is 2.38 bits per heavy atom. The lowest BCUT2D eigenvalue weighted by Gasteiger charge is -2.22. The fourth-order valence-corrected chi connectivity index (χ4v) is 3.97. The van der Waals surface area contributed by atoms with Crippen molar-refractivity contribution in [2.45, 2.75) is 11.5 Å². The summed E-state index contributed by atoms with van der Waals surface area (Å²) in [6.07, 6.45) is 7.04. The highest BCUT2D eigenvalue weighted by molar-refractivity contribution is 5.98. The van der Waals surface area contributed by atoms with Gasteiger partial charge in [0.1, 0.15) is 5.41 Å². The number of ether oxygens (including phenoxy) is 1. The number of esters is 1. The Morgan fingerprint density at radius 2 is 1.73 bits per heavy atom. The molecule has 4 rings (SSSR count). The Kier molecular flexibility index (Phi) is 3.96. The van der Waals surface area contributed by atoms with Gasteiger partial charge in [-0.25, -0.2) is 0 Å². The summed E-state index contributed by atoms with van der Waals surface area (Å²) in [5, 5.41) is 0. The predicted molar refractivity (Wildman–Crippen MR) is 98.9 cm³/mol. The van der Waals surface area contributed by atoms with Crippen LogP contribution in [-0.4, -0.2) is 29.9 Å². The van der Waals surface area contributed by atoms with Gasteiger partial charge >= 0.3 is 5.97 Å². The second-order valence-electron chi connectivity index (χ2n) is 6.53. The van der Waals surface area contributed by atoms with Crippen molar-refractivity contribution < 1.29 is 14.3 Å². The molecule has 26 heavy (non-hydrogen) atoms. The van der Waals surface area contributed by atoms with Crippen molar-refractivity contribution in [1.29, 1.82) is 0 Å². The van der Waals surface area contributed by atoms with E-state index in [1.807, 2.05) is 72.8 Å². The molecule has 3 unspecified atom stereocenters. The minimum Gasteiger partial charge on any atom is -0.468 e. The SMILES string of the molecule is COC(=O)C1(c2ccccc2)C2C=CC(=O)N(C=Cc3ccccc3)C21. The fraction of sp³-hybridized carbons (Fsp3) is 0.182. The number of benzene rings is 2. The molecule has 2 aromatic rings. The minimum atomic E-state index is -0.848. The van der Waals surface area contributed by atoms with Crippen molar-refractivity contribution in [3.05, 3.63) is 90.1 Å². The second kappa shape index (κ2) is 6.30. The molecule has 4 nitrogen and oxygen atoms in total. The van der Waals surface area contributed by atoms with Gasteiger partial charge in [-0.05, 0) is 23.3 Å². The standard InChI is InChI=1S/C22H19NO3/c1-26-21(25)22(17-10-6-3-7-11-17)18-12-13-19(24)23(20(18)22)15-14-16-8-4-2-5-9-16/h2-15,18,20H,1H3. The van der Waals surface area contributed by atoms with E-state index in [-0.39, 0.29) is 23.8 Å². The van der Waals surface area contributed by atoms with Crippen LogP contribution in [0.4, 0.5) is 0 Å². The van der Waals surface area contributed by atoms with E-state index in [9.17, 15) is 9.59 Å². The van der Waals surface area contributed by atoms with Crippen LogP contribution >= 0.6 is 0 Å². The number of hydrogen-bond acceptors (Lipinski definition) is 3. The summed E-state index contributed by atoms with van der Waals surface area (Å²) in [6.45, 7) is 0. The third-order valence-corrected chi connectivity index (χ3v) is 5.23. The minimum absolute atomic E-state index is 0.0875. The number of methoxy groups -OCH3 is 1. The Bertz CT molecular complexity index is 888. The van der Waals surface area contributed by atoms with E-state index in [1.54, 1.807) is 17.2 Å². The van der Waals surface area contributed by atoms with Crippen LogP contribution in [0, 0.1) is 5.92 Å². The summed E-state index contributed by atoms with van der Waals surface area (Å²) < 4.78 is 5.14. The molecule has 3 atom stereocenters. The molecule has 2 aromatic carbocycles. The lowest BCUT2D eigenvalue weighted by Crippen LogP contribution is -2.36. The number of nitrogens with zero attached hydrogens (tertiary/aromatic N) is 1. The normalized spacial score (nSPS) is 26.7. The zero-order chi connectivity index (χ0) is 18.1. The lowest BCUT2D eigenvalue weighted by molar-refractivity contribution is -0.144. The lowest BCUT2D eigenvalue weighted by atomic mass is 9.92. The number of amides is 1. The van der Waals surface area contributed by atoms with Crippen molar-refractivity contribution >= 4 is 18.0 Å². The molecule has 0 spiro atoms. The molecule has 4 heteroatoms. The summed E-state index contributed by atoms with van der Waals surface area (Å²) in [5.74, 6) is -0.522. The van der Waals surface area contributed by atoms with Gasteiger partial charge in [-0.1, -0.05) is 66.7 Å². The van der Waals surface area contributed by atoms with Crippen LogP contribution in [0.3, 0.4) is 0 Å². The summed E-state index contributed by atoms with van der Waals surface area (Å²) in [4.78, 5) is 26.9. The molecular formula is C22H19NO3. The smallest absolute Gasteiger partial charge is 0.319 e. The molecule has 130 valence electrons. The molecule has 0 radical (unpaired) electrons. The molecule has 1 heterocycles. The monoisotopic (exact) mass is 345 g/mol. The zero-order valence-corrected chi connectivity index (χ0v) is 14.4. The predicted octanol–water partition coefficient (Wildman–Crippen LogP) is 3.17. The molecule has 0 saturated heterocycles. The van der Waals surface area contributed by atoms with Gasteiger partial charge in [0.15, 0.2) is 0 Å². The first kappa shape index (κ1) is 16.3. The quantitative estimate of drug-likeness (QED) is 0.800. The summed E-state index contributed by atoms with van der Waals surface area (Å²) in [7, 11) is 1.40. The highest BCUT2D eigenvalue weighted by Crippen LogP contribution is 2.60. The number of fused-ring (bicyclic) bond motifs is 1. The van der Waals surface area contributed by atoms with Crippen molar-refractivity contribution in [3.8, 4) is 0 Å². The Balaban J connectivity index is 1.73. The second-order valence-corrected chi connectivity index (χ2v) is 6.53. The number of hydrogen-bond donors (Lipinski definition) is 0. The highest BCUT2D eigenvalue weighted by Gasteiger charge is 2.74. The van der Waals surface area contributed by atoms with Crippen molar-refractivity contribution in [2.75, 3.05) is 7.11 Å². The van der Waals surface area contributed by atoms with Crippen molar-refractivity contribution in [1.82, 2.24) is 4.90 Å². The van der Waals surface area contributed by atoms with Gasteiger partial charge in [0.05, 0.1) is 13.2 Å². The molecule has 1 amide bonds. The third kappa shape index (κ3) is 2.37. The van der Waals surface area contributed by atoms with E-state index >= 15 is 0 Å². The molecule has 1 saturated carbocycles. The molecule has 0 aromatic heterocycles. The first-order valence-corrected chi connectivity index (χ1v) is 8.57. The highest BCUT2D eigenvalue weighted by atomic mass is 16.5. The summed E-state index contributed by atoms with van der Waals surface area (Å²) in [6, 6.07) is 19.1. The largest absolute Gasteiger partial charge is 0.468 e. The van der Waals surface area contributed by atoms with Gasteiger partial charge in [-0.15, -0.1) is 0 Å². The Labute approximate surface area is 152 Å². The van der Waals surface area contributed by atoms with Crippen LogP contribution in [-0.2, 0) is 19.7 Å². The molecular weight excluding hydrogens is 326 g/mol. The van der Waals surface area contributed by atoms with E-state index < -0.39 is 5.41 Å². The fourth-order valence-electron chi connectivity index (χ4n) is 3.97. The van der Waals surface area contributed by atoms with Crippen LogP contribution < -0.4 is 0 Å². The van der Waals surface area contributed by atoms with Crippen LogP contribution in [0.1, 0.15) is 11.1 Å². The number of rotatable bonds is 4. The van der Waals surface area contributed by atoms with Gasteiger partial charge < -0.3 is 9.64 Å². The first-order chi connectivity index (χ1) is 12.7. The zero-order valence-electron chi connectivity index (χ0n) is 14.4. The van der Waals surface area contributed by atoms with E-state index in [4.69, 9.17) is 4.74 Å². The Hall–Kier alpha value is -3.14. The summed E-state index contributed by atoms with van der Waals surface area (Å²) >= 11 is 0.